The number of nitrogens with zero attached hydrogens (tertiary/aromatic N) is 3. The Labute approximate surface area is 174 Å². The average Bonchev–Trinajstić information content (AvgIpc) is 3.05. The lowest BCUT2D eigenvalue weighted by Gasteiger charge is -2.34. The normalized spacial score (nSPS) is 19.1. The van der Waals surface area contributed by atoms with E-state index in [0.717, 1.165) is 16.4 Å². The minimum atomic E-state index is -4.78. The van der Waals surface area contributed by atoms with Gasteiger partial charge in [-0.2, -0.15) is 17.5 Å². The summed E-state index contributed by atoms with van der Waals surface area (Å²) >= 11 is 6.96. The Bertz CT molecular complexity index is 918. The average molecular weight is 472 g/mol. The van der Waals surface area contributed by atoms with E-state index >= 15 is 0 Å². The first-order valence-corrected chi connectivity index (χ1v) is 11.5. The third-order valence-electron chi connectivity index (χ3n) is 4.62. The highest BCUT2D eigenvalue weighted by Crippen LogP contribution is 2.36. The molecule has 0 aliphatic carbocycles. The number of alkyl halides is 3. The highest BCUT2D eigenvalue weighted by Gasteiger charge is 2.36. The van der Waals surface area contributed by atoms with Gasteiger partial charge in [0, 0.05) is 26.2 Å². The van der Waals surface area contributed by atoms with Gasteiger partial charge < -0.3 is 9.80 Å². The van der Waals surface area contributed by atoms with E-state index < -0.39 is 31.7 Å². The van der Waals surface area contributed by atoms with E-state index in [1.54, 1.807) is 0 Å². The molecule has 2 heterocycles. The highest BCUT2D eigenvalue weighted by atomic mass is 35.5. The van der Waals surface area contributed by atoms with Crippen molar-refractivity contribution in [2.24, 2.45) is 0 Å². The molecule has 2 aliphatic heterocycles. The molecular formula is C16H17ClF3N3O4S2. The summed E-state index contributed by atoms with van der Waals surface area (Å²) in [5, 5.41) is -0.582. The summed E-state index contributed by atoms with van der Waals surface area (Å²) in [6.07, 6.45) is -4.78. The van der Waals surface area contributed by atoms with Gasteiger partial charge in [0.05, 0.1) is 27.1 Å². The Balaban J connectivity index is 1.67. The maximum absolute atomic E-state index is 13.0. The van der Waals surface area contributed by atoms with Crippen LogP contribution in [0.4, 0.5) is 13.2 Å². The Morgan fingerprint density at radius 3 is 2.38 bits per heavy atom. The van der Waals surface area contributed by atoms with Crippen molar-refractivity contribution in [3.8, 4) is 0 Å². The molecule has 2 aliphatic rings. The minimum Gasteiger partial charge on any atom is -0.339 e. The number of thioether (sulfide) groups is 1. The molecule has 13 heteroatoms. The lowest BCUT2D eigenvalue weighted by Crippen LogP contribution is -2.52. The van der Waals surface area contributed by atoms with Crippen LogP contribution >= 0.6 is 23.4 Å². The number of halogens is 4. The maximum Gasteiger partial charge on any atom is 0.417 e. The fraction of sp³-hybridized carbons (Fsp3) is 0.500. The first-order valence-electron chi connectivity index (χ1n) is 8.50. The first kappa shape index (κ1) is 22.2. The molecule has 3 rings (SSSR count). The van der Waals surface area contributed by atoms with Crippen LogP contribution in [-0.4, -0.2) is 78.7 Å². The molecule has 0 spiro atoms. The lowest BCUT2D eigenvalue weighted by molar-refractivity contribution is -0.138. The van der Waals surface area contributed by atoms with Crippen LogP contribution in [0.5, 0.6) is 0 Å². The van der Waals surface area contributed by atoms with Gasteiger partial charge in [-0.15, -0.1) is 11.8 Å². The monoisotopic (exact) mass is 471 g/mol. The maximum atomic E-state index is 13.0. The van der Waals surface area contributed by atoms with E-state index in [2.05, 4.69) is 0 Å². The second kappa shape index (κ2) is 8.32. The molecule has 1 aromatic rings. The smallest absolute Gasteiger partial charge is 0.339 e. The van der Waals surface area contributed by atoms with Crippen LogP contribution in [0.2, 0.25) is 5.02 Å². The summed E-state index contributed by atoms with van der Waals surface area (Å²) < 4.78 is 65.6. The van der Waals surface area contributed by atoms with Gasteiger partial charge in [0.2, 0.25) is 21.8 Å². The van der Waals surface area contributed by atoms with Crippen molar-refractivity contribution in [2.75, 3.05) is 44.4 Å². The van der Waals surface area contributed by atoms with Crippen LogP contribution in [0.1, 0.15) is 5.56 Å². The van der Waals surface area contributed by atoms with Crippen LogP contribution in [0, 0.1) is 0 Å². The Kier molecular flexibility index (Phi) is 6.37. The number of benzene rings is 1. The number of rotatable bonds is 4. The minimum absolute atomic E-state index is 0.0548. The Morgan fingerprint density at radius 2 is 1.83 bits per heavy atom. The lowest BCUT2D eigenvalue weighted by atomic mass is 10.2. The standard InChI is InChI=1S/C16H17ClF3N3O4S2/c17-13-2-1-11(7-12(13)16(18,19)20)29(26,27)23-5-3-21(4-6-23)14(24)8-22-10-28-9-15(22)25/h1-2,7H,3-6,8-10H2. The quantitative estimate of drug-likeness (QED) is 0.668. The van der Waals surface area contributed by atoms with Crippen molar-refractivity contribution >= 4 is 45.2 Å². The zero-order valence-electron chi connectivity index (χ0n) is 15.0. The van der Waals surface area contributed by atoms with Crippen LogP contribution in [-0.2, 0) is 25.8 Å². The van der Waals surface area contributed by atoms with E-state index in [4.69, 9.17) is 11.6 Å². The molecule has 2 amide bonds. The molecule has 0 radical (unpaired) electrons. The molecule has 0 bridgehead atoms. The molecule has 0 N–H and O–H groups in total. The number of carbonyl (C=O) groups is 2. The third kappa shape index (κ3) is 4.81. The van der Waals surface area contributed by atoms with Gasteiger partial charge >= 0.3 is 6.18 Å². The molecule has 0 aromatic heterocycles. The molecule has 160 valence electrons. The van der Waals surface area contributed by atoms with E-state index in [1.807, 2.05) is 0 Å². The number of hydrogen-bond acceptors (Lipinski definition) is 5. The molecular weight excluding hydrogens is 455 g/mol. The Morgan fingerprint density at radius 1 is 1.17 bits per heavy atom. The summed E-state index contributed by atoms with van der Waals surface area (Å²) in [5.41, 5.74) is -1.22. The van der Waals surface area contributed by atoms with Crippen molar-refractivity contribution in [2.45, 2.75) is 11.1 Å². The van der Waals surface area contributed by atoms with Gasteiger partial charge in [0.15, 0.2) is 0 Å². The number of hydrogen-bond donors (Lipinski definition) is 0. The van der Waals surface area contributed by atoms with Crippen LogP contribution in [0.25, 0.3) is 0 Å². The summed E-state index contributed by atoms with van der Waals surface area (Å²) in [6, 6.07) is 2.45. The second-order valence-electron chi connectivity index (χ2n) is 6.49. The second-order valence-corrected chi connectivity index (χ2v) is 9.79. The van der Waals surface area contributed by atoms with Crippen LogP contribution in [0.15, 0.2) is 23.1 Å². The van der Waals surface area contributed by atoms with Crippen molar-refractivity contribution in [1.82, 2.24) is 14.1 Å². The van der Waals surface area contributed by atoms with Crippen molar-refractivity contribution in [3.63, 3.8) is 0 Å². The van der Waals surface area contributed by atoms with E-state index in [1.165, 1.54) is 21.6 Å². The number of piperazine rings is 1. The van der Waals surface area contributed by atoms with E-state index in [9.17, 15) is 31.2 Å². The molecule has 0 atom stereocenters. The van der Waals surface area contributed by atoms with Crippen LogP contribution < -0.4 is 0 Å². The van der Waals surface area contributed by atoms with E-state index in [-0.39, 0.29) is 44.5 Å². The largest absolute Gasteiger partial charge is 0.417 e. The summed E-state index contributed by atoms with van der Waals surface area (Å²) in [4.78, 5) is 26.3. The SMILES string of the molecule is O=C(CN1CSCC1=O)N1CCN(S(=O)(=O)c2ccc(Cl)c(C(F)(F)F)c2)CC1. The number of carbonyl (C=O) groups excluding carboxylic acids is 2. The van der Waals surface area contributed by atoms with E-state index in [0.29, 0.717) is 17.7 Å². The number of sulfonamides is 1. The molecule has 7 nitrogen and oxygen atoms in total. The summed E-state index contributed by atoms with van der Waals surface area (Å²) in [6.45, 7) is 0.00607. The number of amides is 2. The predicted molar refractivity (Wildman–Crippen MR) is 101 cm³/mol. The van der Waals surface area contributed by atoms with Crippen molar-refractivity contribution in [1.29, 1.82) is 0 Å². The molecule has 29 heavy (non-hydrogen) atoms. The Hall–Kier alpha value is -1.50. The predicted octanol–water partition coefficient (Wildman–Crippen LogP) is 1.72. The topological polar surface area (TPSA) is 78.0 Å². The van der Waals surface area contributed by atoms with Gasteiger partial charge in [-0.1, -0.05) is 11.6 Å². The van der Waals surface area contributed by atoms with Crippen molar-refractivity contribution < 1.29 is 31.2 Å². The highest BCUT2D eigenvalue weighted by molar-refractivity contribution is 8.00. The summed E-state index contributed by atoms with van der Waals surface area (Å²) in [5.74, 6) is 0.369. The van der Waals surface area contributed by atoms with Gasteiger partial charge in [-0.3, -0.25) is 9.59 Å². The molecule has 0 saturated carbocycles. The van der Waals surface area contributed by atoms with Gasteiger partial charge in [0.25, 0.3) is 0 Å². The molecule has 1 aromatic carbocycles. The third-order valence-corrected chi connectivity index (χ3v) is 7.79. The zero-order valence-corrected chi connectivity index (χ0v) is 17.4. The van der Waals surface area contributed by atoms with Gasteiger partial charge in [0.1, 0.15) is 6.54 Å². The summed E-state index contributed by atoms with van der Waals surface area (Å²) in [7, 11) is -4.17. The van der Waals surface area contributed by atoms with Gasteiger partial charge in [-0.25, -0.2) is 8.42 Å². The van der Waals surface area contributed by atoms with Crippen LogP contribution in [0.3, 0.4) is 0 Å². The zero-order chi connectivity index (χ0) is 21.4. The molecule has 2 fully saturated rings. The van der Waals surface area contributed by atoms with Crippen molar-refractivity contribution in [3.05, 3.63) is 28.8 Å². The fourth-order valence-corrected chi connectivity index (χ4v) is 5.59. The molecule has 2 saturated heterocycles. The first-order chi connectivity index (χ1) is 13.5. The van der Waals surface area contributed by atoms with Gasteiger partial charge in [-0.05, 0) is 18.2 Å². The fourth-order valence-electron chi connectivity index (χ4n) is 3.01. The molecule has 0 unspecified atom stereocenters.